The average molecular weight is 372 g/mol. The van der Waals surface area contributed by atoms with Gasteiger partial charge in [-0.25, -0.2) is 0 Å². The van der Waals surface area contributed by atoms with E-state index in [1.165, 1.54) is 0 Å². The van der Waals surface area contributed by atoms with E-state index in [2.05, 4.69) is 0 Å². The molecule has 3 aromatic rings. The molecule has 0 spiro atoms. The molecule has 0 atom stereocenters. The molecule has 5 heteroatoms. The summed E-state index contributed by atoms with van der Waals surface area (Å²) in [6.45, 7) is 2.98. The molecule has 0 aliphatic carbocycles. The average Bonchev–Trinajstić information content (AvgIpc) is 3.13. The molecule has 1 aromatic heterocycles. The fourth-order valence-corrected chi connectivity index (χ4v) is 3.40. The van der Waals surface area contributed by atoms with Gasteiger partial charge in [-0.15, -0.1) is 11.3 Å². The largest absolute Gasteiger partial charge is 0.494 e. The molecule has 0 fully saturated rings. The molecule has 1 amide bonds. The topological polar surface area (TPSA) is 29.5 Å². The summed E-state index contributed by atoms with van der Waals surface area (Å²) in [5.74, 6) is 0.604. The highest BCUT2D eigenvalue weighted by Crippen LogP contribution is 2.26. The zero-order valence-electron chi connectivity index (χ0n) is 13.8. The number of carbonyl (C=O) groups excluding carboxylic acids is 1. The molecule has 0 aliphatic heterocycles. The number of nitrogens with zero attached hydrogens (tertiary/aromatic N) is 1. The van der Waals surface area contributed by atoms with Crippen molar-refractivity contribution in [2.45, 2.75) is 13.5 Å². The molecule has 3 rings (SSSR count). The second-order valence-electron chi connectivity index (χ2n) is 5.41. The Bertz CT molecular complexity index is 848. The molecule has 0 N–H and O–H groups in total. The molecule has 3 nitrogen and oxygen atoms in total. The number of hydrogen-bond acceptors (Lipinski definition) is 3. The Balaban J connectivity index is 1.95. The molecule has 1 heterocycles. The minimum atomic E-state index is -0.0859. The minimum absolute atomic E-state index is 0.0859. The van der Waals surface area contributed by atoms with E-state index in [9.17, 15) is 4.79 Å². The van der Waals surface area contributed by atoms with Gasteiger partial charge in [-0.05, 0) is 54.8 Å². The van der Waals surface area contributed by atoms with Crippen molar-refractivity contribution in [3.8, 4) is 5.75 Å². The van der Waals surface area contributed by atoms with Gasteiger partial charge in [0.05, 0.1) is 13.2 Å². The first-order valence-corrected chi connectivity index (χ1v) is 9.26. The van der Waals surface area contributed by atoms with E-state index in [1.807, 2.05) is 48.7 Å². The number of benzene rings is 2. The lowest BCUT2D eigenvalue weighted by molar-refractivity contribution is 0.0985. The number of carbonyl (C=O) groups is 1. The summed E-state index contributed by atoms with van der Waals surface area (Å²) in [5, 5.41) is 2.61. The first-order chi connectivity index (χ1) is 12.2. The van der Waals surface area contributed by atoms with Crippen LogP contribution < -0.4 is 9.64 Å². The highest BCUT2D eigenvalue weighted by molar-refractivity contribution is 7.09. The van der Waals surface area contributed by atoms with Crippen LogP contribution in [0, 0.1) is 0 Å². The second kappa shape index (κ2) is 8.19. The third-order valence-corrected chi connectivity index (χ3v) is 4.75. The Labute approximate surface area is 156 Å². The van der Waals surface area contributed by atoms with Gasteiger partial charge in [0.2, 0.25) is 0 Å². The number of thiophene rings is 1. The molecular weight excluding hydrogens is 354 g/mol. The van der Waals surface area contributed by atoms with E-state index in [0.29, 0.717) is 29.5 Å². The predicted molar refractivity (Wildman–Crippen MR) is 104 cm³/mol. The summed E-state index contributed by atoms with van der Waals surface area (Å²) >= 11 is 7.76. The fourth-order valence-electron chi connectivity index (χ4n) is 2.52. The van der Waals surface area contributed by atoms with Crippen LogP contribution in [0.5, 0.6) is 5.75 Å². The fraction of sp³-hybridized carbons (Fsp3) is 0.150. The normalized spacial score (nSPS) is 10.5. The maximum Gasteiger partial charge on any atom is 0.258 e. The van der Waals surface area contributed by atoms with Crippen LogP contribution in [0.25, 0.3) is 0 Å². The van der Waals surface area contributed by atoms with Crippen LogP contribution in [0.1, 0.15) is 22.2 Å². The number of hydrogen-bond donors (Lipinski definition) is 0. The van der Waals surface area contributed by atoms with Gasteiger partial charge in [-0.1, -0.05) is 29.8 Å². The highest BCUT2D eigenvalue weighted by atomic mass is 35.5. The van der Waals surface area contributed by atoms with Gasteiger partial charge < -0.3 is 9.64 Å². The SMILES string of the molecule is CCOc1cccc(C(=O)N(Cc2cccs2)c2cccc(Cl)c2)c1. The van der Waals surface area contributed by atoms with Gasteiger partial charge in [-0.3, -0.25) is 4.79 Å². The number of halogens is 1. The summed E-state index contributed by atoms with van der Waals surface area (Å²) < 4.78 is 5.52. The van der Waals surface area contributed by atoms with Crippen LogP contribution in [0.4, 0.5) is 5.69 Å². The van der Waals surface area contributed by atoms with E-state index < -0.39 is 0 Å². The summed E-state index contributed by atoms with van der Waals surface area (Å²) in [7, 11) is 0. The molecule has 2 aromatic carbocycles. The molecule has 0 saturated heterocycles. The monoisotopic (exact) mass is 371 g/mol. The van der Waals surface area contributed by atoms with Crippen LogP contribution in [0.3, 0.4) is 0 Å². The van der Waals surface area contributed by atoms with Gasteiger partial charge in [0.1, 0.15) is 5.75 Å². The zero-order valence-corrected chi connectivity index (χ0v) is 15.4. The van der Waals surface area contributed by atoms with Crippen molar-refractivity contribution >= 4 is 34.5 Å². The number of anilines is 1. The smallest absolute Gasteiger partial charge is 0.258 e. The number of rotatable bonds is 6. The lowest BCUT2D eigenvalue weighted by atomic mass is 10.1. The van der Waals surface area contributed by atoms with E-state index in [4.69, 9.17) is 16.3 Å². The first kappa shape index (κ1) is 17.5. The molecule has 0 radical (unpaired) electrons. The molecular formula is C20H18ClNO2S. The van der Waals surface area contributed by atoms with E-state index in [1.54, 1.807) is 40.5 Å². The van der Waals surface area contributed by atoms with Gasteiger partial charge in [0.25, 0.3) is 5.91 Å². The standard InChI is InChI=1S/C20H18ClNO2S/c1-2-24-18-9-3-6-15(12-18)20(23)22(14-19-10-5-11-25-19)17-8-4-7-16(21)13-17/h3-13H,2,14H2,1H3. The summed E-state index contributed by atoms with van der Waals surface area (Å²) in [6.07, 6.45) is 0. The van der Waals surface area contributed by atoms with Crippen molar-refractivity contribution in [3.63, 3.8) is 0 Å². The second-order valence-corrected chi connectivity index (χ2v) is 6.88. The van der Waals surface area contributed by atoms with E-state index in [-0.39, 0.29) is 5.91 Å². The lowest BCUT2D eigenvalue weighted by Gasteiger charge is -2.23. The Morgan fingerprint density at radius 3 is 2.68 bits per heavy atom. The Morgan fingerprint density at radius 2 is 1.96 bits per heavy atom. The van der Waals surface area contributed by atoms with E-state index in [0.717, 1.165) is 10.6 Å². The minimum Gasteiger partial charge on any atom is -0.494 e. The lowest BCUT2D eigenvalue weighted by Crippen LogP contribution is -2.30. The number of amides is 1. The van der Waals surface area contributed by atoms with Crippen molar-refractivity contribution in [3.05, 3.63) is 81.5 Å². The van der Waals surface area contributed by atoms with Gasteiger partial charge in [0.15, 0.2) is 0 Å². The molecule has 0 unspecified atom stereocenters. The van der Waals surface area contributed by atoms with Crippen molar-refractivity contribution in [1.82, 2.24) is 0 Å². The molecule has 25 heavy (non-hydrogen) atoms. The predicted octanol–water partition coefficient (Wildman–Crippen LogP) is 5.65. The summed E-state index contributed by atoms with van der Waals surface area (Å²) in [6, 6.07) is 18.6. The maximum atomic E-state index is 13.2. The van der Waals surface area contributed by atoms with Crippen LogP contribution >= 0.6 is 22.9 Å². The van der Waals surface area contributed by atoms with Crippen LogP contribution in [0.2, 0.25) is 5.02 Å². The van der Waals surface area contributed by atoms with Gasteiger partial charge in [0, 0.05) is 21.2 Å². The van der Waals surface area contributed by atoms with Gasteiger partial charge >= 0.3 is 0 Å². The Hall–Kier alpha value is -2.30. The Morgan fingerprint density at radius 1 is 1.12 bits per heavy atom. The Kier molecular flexibility index (Phi) is 5.74. The first-order valence-electron chi connectivity index (χ1n) is 8.00. The van der Waals surface area contributed by atoms with Crippen LogP contribution in [0.15, 0.2) is 66.0 Å². The van der Waals surface area contributed by atoms with Crippen LogP contribution in [-0.2, 0) is 6.54 Å². The molecule has 0 bridgehead atoms. The van der Waals surface area contributed by atoms with Crippen molar-refractivity contribution < 1.29 is 9.53 Å². The summed E-state index contributed by atoms with van der Waals surface area (Å²) in [4.78, 5) is 16.0. The van der Waals surface area contributed by atoms with Crippen molar-refractivity contribution in [1.29, 1.82) is 0 Å². The van der Waals surface area contributed by atoms with E-state index >= 15 is 0 Å². The highest BCUT2D eigenvalue weighted by Gasteiger charge is 2.19. The maximum absolute atomic E-state index is 13.2. The van der Waals surface area contributed by atoms with Crippen molar-refractivity contribution in [2.75, 3.05) is 11.5 Å². The molecule has 0 saturated carbocycles. The third-order valence-electron chi connectivity index (χ3n) is 3.65. The quantitative estimate of drug-likeness (QED) is 0.560. The summed E-state index contributed by atoms with van der Waals surface area (Å²) in [5.41, 5.74) is 1.36. The zero-order chi connectivity index (χ0) is 17.6. The number of ether oxygens (including phenoxy) is 1. The van der Waals surface area contributed by atoms with Crippen LogP contribution in [-0.4, -0.2) is 12.5 Å². The molecule has 128 valence electrons. The van der Waals surface area contributed by atoms with Gasteiger partial charge in [-0.2, -0.15) is 0 Å². The molecule has 0 aliphatic rings. The van der Waals surface area contributed by atoms with Crippen molar-refractivity contribution in [2.24, 2.45) is 0 Å². The third kappa shape index (κ3) is 4.41.